The molecule has 0 saturated carbocycles. The SMILES string of the molecule is CCNc1nc(Nc2c(F)cccc2Cl)nc(OCC)n1. The Kier molecular flexibility index (Phi) is 5.10. The summed E-state index contributed by atoms with van der Waals surface area (Å²) in [5.74, 6) is -0.00631. The van der Waals surface area contributed by atoms with Crippen LogP contribution < -0.4 is 15.4 Å². The van der Waals surface area contributed by atoms with Gasteiger partial charge in [0.05, 0.1) is 17.3 Å². The number of aromatic nitrogens is 3. The highest BCUT2D eigenvalue weighted by atomic mass is 35.5. The Hall–Kier alpha value is -2.15. The van der Waals surface area contributed by atoms with E-state index in [1.54, 1.807) is 6.07 Å². The van der Waals surface area contributed by atoms with E-state index >= 15 is 0 Å². The first-order valence-corrected chi connectivity index (χ1v) is 6.85. The predicted molar refractivity (Wildman–Crippen MR) is 79.9 cm³/mol. The molecule has 0 aliphatic heterocycles. The van der Waals surface area contributed by atoms with E-state index in [1.807, 2.05) is 13.8 Å². The molecule has 0 aliphatic carbocycles. The lowest BCUT2D eigenvalue weighted by molar-refractivity contribution is 0.312. The molecule has 0 fully saturated rings. The number of anilines is 3. The van der Waals surface area contributed by atoms with Crippen molar-refractivity contribution in [3.63, 3.8) is 0 Å². The normalized spacial score (nSPS) is 10.3. The summed E-state index contributed by atoms with van der Waals surface area (Å²) in [5, 5.41) is 5.94. The first-order chi connectivity index (χ1) is 10.1. The maximum absolute atomic E-state index is 13.8. The van der Waals surface area contributed by atoms with Gasteiger partial charge < -0.3 is 15.4 Å². The minimum Gasteiger partial charge on any atom is -0.464 e. The van der Waals surface area contributed by atoms with Gasteiger partial charge in [-0.25, -0.2) is 4.39 Å². The molecule has 0 radical (unpaired) electrons. The van der Waals surface area contributed by atoms with E-state index < -0.39 is 5.82 Å². The lowest BCUT2D eigenvalue weighted by Gasteiger charge is -2.10. The zero-order chi connectivity index (χ0) is 15.2. The highest BCUT2D eigenvalue weighted by Gasteiger charge is 2.11. The number of nitrogens with one attached hydrogen (secondary N) is 2. The topological polar surface area (TPSA) is 72.0 Å². The molecule has 0 atom stereocenters. The van der Waals surface area contributed by atoms with Crippen LogP contribution in [-0.2, 0) is 0 Å². The number of hydrogen-bond acceptors (Lipinski definition) is 6. The largest absolute Gasteiger partial charge is 0.464 e. The van der Waals surface area contributed by atoms with Crippen LogP contribution in [0.15, 0.2) is 18.2 Å². The molecule has 1 heterocycles. The fourth-order valence-corrected chi connectivity index (χ4v) is 1.78. The van der Waals surface area contributed by atoms with Gasteiger partial charge in [0.1, 0.15) is 5.82 Å². The average molecular weight is 312 g/mol. The van der Waals surface area contributed by atoms with Gasteiger partial charge in [0, 0.05) is 6.54 Å². The van der Waals surface area contributed by atoms with Crippen LogP contribution in [0.1, 0.15) is 13.8 Å². The summed E-state index contributed by atoms with van der Waals surface area (Å²) in [5.41, 5.74) is 0.107. The first-order valence-electron chi connectivity index (χ1n) is 6.47. The van der Waals surface area contributed by atoms with Crippen LogP contribution in [0.5, 0.6) is 6.01 Å². The van der Waals surface area contributed by atoms with Crippen molar-refractivity contribution in [2.75, 3.05) is 23.8 Å². The molecular formula is C13H15ClFN5O. The third kappa shape index (κ3) is 3.91. The molecule has 2 aromatic rings. The quantitative estimate of drug-likeness (QED) is 0.853. The molecule has 2 N–H and O–H groups in total. The van der Waals surface area contributed by atoms with Gasteiger partial charge >= 0.3 is 6.01 Å². The van der Waals surface area contributed by atoms with E-state index in [2.05, 4.69) is 25.6 Å². The van der Waals surface area contributed by atoms with Gasteiger partial charge in [0.25, 0.3) is 0 Å². The van der Waals surface area contributed by atoms with Crippen molar-refractivity contribution in [1.29, 1.82) is 0 Å². The molecular weight excluding hydrogens is 297 g/mol. The second-order valence-corrected chi connectivity index (χ2v) is 4.36. The number of rotatable bonds is 6. The molecule has 0 aliphatic rings. The summed E-state index contributed by atoms with van der Waals surface area (Å²) < 4.78 is 19.0. The van der Waals surface area contributed by atoms with Crippen molar-refractivity contribution in [1.82, 2.24) is 15.0 Å². The van der Waals surface area contributed by atoms with Crippen molar-refractivity contribution in [2.24, 2.45) is 0 Å². The van der Waals surface area contributed by atoms with Crippen molar-refractivity contribution in [3.05, 3.63) is 29.0 Å². The van der Waals surface area contributed by atoms with Crippen LogP contribution in [-0.4, -0.2) is 28.1 Å². The summed E-state index contributed by atoms with van der Waals surface area (Å²) in [6, 6.07) is 4.54. The molecule has 0 saturated heterocycles. The second kappa shape index (κ2) is 7.03. The number of hydrogen-bond donors (Lipinski definition) is 2. The Morgan fingerprint density at radius 2 is 1.95 bits per heavy atom. The van der Waals surface area contributed by atoms with Crippen LogP contribution in [0.2, 0.25) is 5.02 Å². The van der Waals surface area contributed by atoms with E-state index in [1.165, 1.54) is 12.1 Å². The number of nitrogens with zero attached hydrogens (tertiary/aromatic N) is 3. The minimum atomic E-state index is -0.495. The average Bonchev–Trinajstić information content (AvgIpc) is 2.44. The number of halogens is 2. The van der Waals surface area contributed by atoms with Crippen molar-refractivity contribution in [2.45, 2.75) is 13.8 Å². The zero-order valence-corrected chi connectivity index (χ0v) is 12.4. The fourth-order valence-electron chi connectivity index (χ4n) is 1.57. The van der Waals surface area contributed by atoms with E-state index in [0.717, 1.165) is 0 Å². The molecule has 8 heteroatoms. The molecule has 112 valence electrons. The number of ether oxygens (including phenoxy) is 1. The van der Waals surface area contributed by atoms with Gasteiger partial charge in [-0.2, -0.15) is 15.0 Å². The minimum absolute atomic E-state index is 0.107. The van der Waals surface area contributed by atoms with Gasteiger partial charge in [-0.3, -0.25) is 0 Å². The van der Waals surface area contributed by atoms with Crippen molar-refractivity contribution >= 4 is 29.2 Å². The summed E-state index contributed by atoms with van der Waals surface area (Å²) in [4.78, 5) is 12.3. The van der Waals surface area contributed by atoms with E-state index in [9.17, 15) is 4.39 Å². The monoisotopic (exact) mass is 311 g/mol. The van der Waals surface area contributed by atoms with Gasteiger partial charge in [-0.15, -0.1) is 0 Å². The first kappa shape index (κ1) is 15.2. The highest BCUT2D eigenvalue weighted by molar-refractivity contribution is 6.33. The smallest absolute Gasteiger partial charge is 0.323 e. The maximum Gasteiger partial charge on any atom is 0.323 e. The Morgan fingerprint density at radius 1 is 1.19 bits per heavy atom. The number of para-hydroxylation sites is 1. The standard InChI is InChI=1S/C13H15ClFN5O/c1-3-16-11-18-12(20-13(19-11)21-4-2)17-10-8(14)6-5-7-9(10)15/h5-7H,3-4H2,1-2H3,(H2,16,17,18,19,20). The third-order valence-corrected chi connectivity index (χ3v) is 2.74. The van der Waals surface area contributed by atoms with Crippen LogP contribution in [0, 0.1) is 5.82 Å². The Morgan fingerprint density at radius 3 is 2.62 bits per heavy atom. The van der Waals surface area contributed by atoms with Crippen molar-refractivity contribution in [3.8, 4) is 6.01 Å². The third-order valence-electron chi connectivity index (χ3n) is 2.42. The Labute approximate surface area is 126 Å². The van der Waals surface area contributed by atoms with Gasteiger partial charge in [0.2, 0.25) is 11.9 Å². The van der Waals surface area contributed by atoms with Crippen LogP contribution >= 0.6 is 11.6 Å². The molecule has 6 nitrogen and oxygen atoms in total. The van der Waals surface area contributed by atoms with E-state index in [-0.39, 0.29) is 22.7 Å². The summed E-state index contributed by atoms with van der Waals surface area (Å²) >= 11 is 5.96. The highest BCUT2D eigenvalue weighted by Crippen LogP contribution is 2.27. The molecule has 21 heavy (non-hydrogen) atoms. The summed E-state index contributed by atoms with van der Waals surface area (Å²) in [6.07, 6.45) is 0. The lowest BCUT2D eigenvalue weighted by atomic mass is 10.3. The summed E-state index contributed by atoms with van der Waals surface area (Å²) in [6.45, 7) is 4.77. The molecule has 0 unspecified atom stereocenters. The summed E-state index contributed by atoms with van der Waals surface area (Å²) in [7, 11) is 0. The lowest BCUT2D eigenvalue weighted by Crippen LogP contribution is -2.09. The van der Waals surface area contributed by atoms with E-state index in [0.29, 0.717) is 19.1 Å². The second-order valence-electron chi connectivity index (χ2n) is 3.95. The number of benzene rings is 1. The maximum atomic E-state index is 13.8. The van der Waals surface area contributed by atoms with Gasteiger partial charge in [0.15, 0.2) is 0 Å². The molecule has 0 spiro atoms. The van der Waals surface area contributed by atoms with Crippen LogP contribution in [0.25, 0.3) is 0 Å². The Balaban J connectivity index is 2.34. The van der Waals surface area contributed by atoms with Gasteiger partial charge in [-0.1, -0.05) is 17.7 Å². The predicted octanol–water partition coefficient (Wildman–Crippen LogP) is 3.24. The molecule has 1 aromatic heterocycles. The van der Waals surface area contributed by atoms with Gasteiger partial charge in [-0.05, 0) is 26.0 Å². The van der Waals surface area contributed by atoms with E-state index in [4.69, 9.17) is 16.3 Å². The molecule has 0 amide bonds. The fraction of sp³-hybridized carbons (Fsp3) is 0.308. The van der Waals surface area contributed by atoms with Crippen LogP contribution in [0.3, 0.4) is 0 Å². The Bertz CT molecular complexity index is 581. The van der Waals surface area contributed by atoms with Crippen LogP contribution in [0.4, 0.5) is 22.0 Å². The molecule has 1 aromatic carbocycles. The molecule has 2 rings (SSSR count). The molecule has 0 bridgehead atoms. The zero-order valence-electron chi connectivity index (χ0n) is 11.7. The van der Waals surface area contributed by atoms with Crippen molar-refractivity contribution < 1.29 is 9.13 Å².